The van der Waals surface area contributed by atoms with E-state index >= 15 is 0 Å². The van der Waals surface area contributed by atoms with Crippen molar-refractivity contribution in [2.45, 2.75) is 84.8 Å². The number of rotatable bonds is 16. The molecular weight excluding hydrogens is 360 g/mol. The maximum atomic E-state index is 5.80. The molecule has 0 radical (unpaired) electrons. The van der Waals surface area contributed by atoms with E-state index in [0.29, 0.717) is 6.61 Å². The van der Waals surface area contributed by atoms with E-state index in [2.05, 4.69) is 41.3 Å². The Morgan fingerprint density at radius 2 is 1.66 bits per heavy atom. The van der Waals surface area contributed by atoms with Crippen LogP contribution in [0.3, 0.4) is 0 Å². The van der Waals surface area contributed by atoms with Gasteiger partial charge in [0, 0.05) is 18.8 Å². The fourth-order valence-corrected chi connectivity index (χ4v) is 3.25. The smallest absolute Gasteiger partial charge is 0.134 e. The first-order valence-corrected chi connectivity index (χ1v) is 11.2. The van der Waals surface area contributed by atoms with E-state index in [9.17, 15) is 0 Å². The summed E-state index contributed by atoms with van der Waals surface area (Å²) in [5, 5.41) is 11.7. The van der Waals surface area contributed by atoms with E-state index in [1.54, 1.807) is 0 Å². The molecule has 0 spiro atoms. The van der Waals surface area contributed by atoms with Gasteiger partial charge in [-0.2, -0.15) is 0 Å². The van der Waals surface area contributed by atoms with Crippen molar-refractivity contribution in [1.82, 2.24) is 20.3 Å². The number of unbranched alkanes of at least 4 members (excludes halogenated alkanes) is 7. The van der Waals surface area contributed by atoms with Gasteiger partial charge in [0.25, 0.3) is 0 Å². The minimum atomic E-state index is 0.466. The van der Waals surface area contributed by atoms with Gasteiger partial charge in [0.15, 0.2) is 0 Å². The number of aryl methyl sites for hydroxylation is 2. The van der Waals surface area contributed by atoms with Gasteiger partial charge in [-0.3, -0.25) is 4.68 Å². The van der Waals surface area contributed by atoms with Crippen molar-refractivity contribution < 1.29 is 4.74 Å². The minimum Gasteiger partial charge on any atom is -0.487 e. The fraction of sp³-hybridized carbons (Fsp3) is 0.583. The van der Waals surface area contributed by atoms with Gasteiger partial charge in [-0.1, -0.05) is 69.4 Å². The molecule has 0 saturated heterocycles. The molecule has 0 unspecified atom stereocenters. The highest BCUT2D eigenvalue weighted by Crippen LogP contribution is 2.14. The summed E-state index contributed by atoms with van der Waals surface area (Å²) in [7, 11) is 0. The number of benzene rings is 1. The second kappa shape index (κ2) is 13.8. The maximum absolute atomic E-state index is 5.80. The Bertz CT molecular complexity index is 693. The Morgan fingerprint density at radius 1 is 1.00 bits per heavy atom. The van der Waals surface area contributed by atoms with Crippen LogP contribution in [0.2, 0.25) is 0 Å². The van der Waals surface area contributed by atoms with Gasteiger partial charge in [0.1, 0.15) is 18.1 Å². The molecule has 160 valence electrons. The van der Waals surface area contributed by atoms with Crippen molar-refractivity contribution in [3.8, 4) is 5.75 Å². The van der Waals surface area contributed by atoms with Crippen molar-refractivity contribution in [3.05, 3.63) is 54.0 Å². The van der Waals surface area contributed by atoms with Gasteiger partial charge in [0.2, 0.25) is 0 Å². The Labute approximate surface area is 176 Å². The van der Waals surface area contributed by atoms with E-state index in [0.717, 1.165) is 43.1 Å². The molecule has 0 bridgehead atoms. The second-order valence-electron chi connectivity index (χ2n) is 7.79. The summed E-state index contributed by atoms with van der Waals surface area (Å²) < 4.78 is 7.74. The third-order valence-corrected chi connectivity index (χ3v) is 5.05. The molecule has 29 heavy (non-hydrogen) atoms. The minimum absolute atomic E-state index is 0.466. The number of aromatic nitrogens is 3. The van der Waals surface area contributed by atoms with Gasteiger partial charge in [-0.25, -0.2) is 0 Å². The summed E-state index contributed by atoms with van der Waals surface area (Å²) in [6.45, 7) is 10.5. The molecule has 0 aliphatic carbocycles. The number of nitrogens with zero attached hydrogens (tertiary/aromatic N) is 3. The van der Waals surface area contributed by atoms with Crippen LogP contribution in [0.25, 0.3) is 0 Å². The molecule has 0 atom stereocenters. The lowest BCUT2D eigenvalue weighted by molar-refractivity contribution is 0.301. The molecule has 0 amide bonds. The number of allylic oxidation sites excluding steroid dienone is 1. The third kappa shape index (κ3) is 10.2. The van der Waals surface area contributed by atoms with Gasteiger partial charge >= 0.3 is 0 Å². The number of nitrogens with one attached hydrogen (secondary N) is 1. The Hall–Kier alpha value is -2.30. The molecular formula is C24H38N4O. The average molecular weight is 399 g/mol. The Balaban J connectivity index is 1.48. The van der Waals surface area contributed by atoms with Crippen molar-refractivity contribution in [2.24, 2.45) is 0 Å². The van der Waals surface area contributed by atoms with Gasteiger partial charge in [0.05, 0.1) is 6.20 Å². The van der Waals surface area contributed by atoms with E-state index in [-0.39, 0.29) is 0 Å². The zero-order valence-electron chi connectivity index (χ0n) is 18.3. The van der Waals surface area contributed by atoms with Crippen molar-refractivity contribution >= 4 is 0 Å². The van der Waals surface area contributed by atoms with Gasteiger partial charge < -0.3 is 10.1 Å². The molecule has 1 N–H and O–H groups in total. The molecule has 0 aliphatic heterocycles. The van der Waals surface area contributed by atoms with Crippen LogP contribution in [0.5, 0.6) is 5.75 Å². The van der Waals surface area contributed by atoms with Crippen LogP contribution in [-0.4, -0.2) is 21.5 Å². The summed E-state index contributed by atoms with van der Waals surface area (Å²) in [6, 6.07) is 8.24. The molecule has 0 saturated carbocycles. The first-order valence-electron chi connectivity index (χ1n) is 11.2. The zero-order valence-corrected chi connectivity index (χ0v) is 18.3. The number of ether oxygens (including phenoxy) is 1. The molecule has 2 aromatic rings. The van der Waals surface area contributed by atoms with Crippen molar-refractivity contribution in [1.29, 1.82) is 0 Å². The van der Waals surface area contributed by atoms with Gasteiger partial charge in [-0.15, -0.1) is 5.10 Å². The molecule has 2 rings (SSSR count). The topological polar surface area (TPSA) is 52.0 Å². The standard InChI is InChI=1S/C24H38N4O/c1-4-22-13-15-24(16-14-22)29-20-23-19-28(27-26-23)18-12-10-8-6-5-7-9-11-17-25-21(2)3/h13-16,19,25H,2,4-12,17-18,20H2,1,3H3. The number of hydrogen-bond acceptors (Lipinski definition) is 4. The Morgan fingerprint density at radius 3 is 2.31 bits per heavy atom. The summed E-state index contributed by atoms with van der Waals surface area (Å²) in [5.74, 6) is 0.879. The maximum Gasteiger partial charge on any atom is 0.134 e. The third-order valence-electron chi connectivity index (χ3n) is 5.05. The molecule has 1 aromatic heterocycles. The normalized spacial score (nSPS) is 10.8. The van der Waals surface area contributed by atoms with E-state index in [4.69, 9.17) is 4.74 Å². The Kier molecular flexibility index (Phi) is 10.9. The zero-order chi connectivity index (χ0) is 20.7. The van der Waals surface area contributed by atoms with Crippen LogP contribution >= 0.6 is 0 Å². The molecule has 5 heteroatoms. The lowest BCUT2D eigenvalue weighted by Crippen LogP contribution is -2.11. The van der Waals surface area contributed by atoms with E-state index < -0.39 is 0 Å². The summed E-state index contributed by atoms with van der Waals surface area (Å²) in [5.41, 5.74) is 3.27. The highest BCUT2D eigenvalue weighted by molar-refractivity contribution is 5.27. The van der Waals surface area contributed by atoms with Crippen LogP contribution < -0.4 is 10.1 Å². The van der Waals surface area contributed by atoms with Crippen LogP contribution in [0, 0.1) is 0 Å². The van der Waals surface area contributed by atoms with Crippen molar-refractivity contribution in [3.63, 3.8) is 0 Å². The lowest BCUT2D eigenvalue weighted by atomic mass is 10.1. The largest absolute Gasteiger partial charge is 0.487 e. The van der Waals surface area contributed by atoms with Crippen LogP contribution in [-0.2, 0) is 19.6 Å². The first-order chi connectivity index (χ1) is 14.2. The van der Waals surface area contributed by atoms with Crippen LogP contribution in [0.4, 0.5) is 0 Å². The van der Waals surface area contributed by atoms with Crippen LogP contribution in [0.1, 0.15) is 76.5 Å². The van der Waals surface area contributed by atoms with Crippen molar-refractivity contribution in [2.75, 3.05) is 6.54 Å². The molecule has 1 heterocycles. The number of hydrogen-bond donors (Lipinski definition) is 1. The monoisotopic (exact) mass is 398 g/mol. The second-order valence-corrected chi connectivity index (χ2v) is 7.79. The predicted molar refractivity (Wildman–Crippen MR) is 120 cm³/mol. The SMILES string of the molecule is C=C(C)NCCCCCCCCCCn1cc(COc2ccc(CC)cc2)nn1. The first kappa shape index (κ1) is 23.0. The predicted octanol–water partition coefficient (Wildman–Crippen LogP) is 5.66. The molecule has 5 nitrogen and oxygen atoms in total. The lowest BCUT2D eigenvalue weighted by Gasteiger charge is -2.05. The van der Waals surface area contributed by atoms with Gasteiger partial charge in [-0.05, 0) is 43.9 Å². The highest BCUT2D eigenvalue weighted by Gasteiger charge is 2.02. The van der Waals surface area contributed by atoms with E-state index in [1.165, 1.54) is 50.5 Å². The highest BCUT2D eigenvalue weighted by atomic mass is 16.5. The molecule has 0 aliphatic rings. The summed E-state index contributed by atoms with van der Waals surface area (Å²) >= 11 is 0. The summed E-state index contributed by atoms with van der Waals surface area (Å²) in [6.07, 6.45) is 13.3. The molecule has 0 fully saturated rings. The quantitative estimate of drug-likeness (QED) is 0.371. The summed E-state index contributed by atoms with van der Waals surface area (Å²) in [4.78, 5) is 0. The molecule has 1 aromatic carbocycles. The van der Waals surface area contributed by atoms with E-state index in [1.807, 2.05) is 29.9 Å². The average Bonchev–Trinajstić information content (AvgIpc) is 3.18. The fourth-order valence-electron chi connectivity index (χ4n) is 3.25. The van der Waals surface area contributed by atoms with Crippen LogP contribution in [0.15, 0.2) is 42.7 Å².